The van der Waals surface area contributed by atoms with Gasteiger partial charge in [0, 0.05) is 35.8 Å². The number of hydrogen-bond acceptors (Lipinski definition) is 3. The van der Waals surface area contributed by atoms with Gasteiger partial charge in [0.05, 0.1) is 16.7 Å². The lowest BCUT2D eigenvalue weighted by Crippen LogP contribution is -2.40. The van der Waals surface area contributed by atoms with E-state index in [1.54, 1.807) is 0 Å². The van der Waals surface area contributed by atoms with Gasteiger partial charge < -0.3 is 10.2 Å². The van der Waals surface area contributed by atoms with Crippen molar-refractivity contribution in [2.24, 2.45) is 10.8 Å². The molecule has 1 N–H and O–H groups in total. The molecule has 0 unspecified atom stereocenters. The van der Waals surface area contributed by atoms with Crippen molar-refractivity contribution in [1.29, 1.82) is 0 Å². The average molecular weight is 391 g/mol. The Labute approximate surface area is 171 Å². The van der Waals surface area contributed by atoms with Crippen LogP contribution in [0.1, 0.15) is 40.0 Å². The molecule has 3 heterocycles. The monoisotopic (exact) mass is 390 g/mol. The first-order valence-electron chi connectivity index (χ1n) is 10.0. The molecule has 1 saturated carbocycles. The fraction of sp³-hybridized carbons (Fsp3) is 0.435. The molecule has 0 spiro atoms. The highest BCUT2D eigenvalue weighted by Crippen LogP contribution is 2.52. The molecule has 2 atom stereocenters. The van der Waals surface area contributed by atoms with Crippen molar-refractivity contribution in [3.05, 3.63) is 42.7 Å². The Hall–Kier alpha value is -2.27. The van der Waals surface area contributed by atoms with Crippen molar-refractivity contribution in [2.45, 2.75) is 46.1 Å². The number of likely N-dealkylation sites (tertiary alicyclic amines) is 1. The highest BCUT2D eigenvalue weighted by molar-refractivity contribution is 7.80. The maximum absolute atomic E-state index is 5.90. The van der Waals surface area contributed by atoms with Gasteiger partial charge in [0.15, 0.2) is 5.11 Å². The maximum Gasteiger partial charge on any atom is 0.173 e. The molecule has 1 aliphatic carbocycles. The minimum atomic E-state index is 0.353. The number of benzene rings is 1. The van der Waals surface area contributed by atoms with Crippen LogP contribution in [0.2, 0.25) is 0 Å². The van der Waals surface area contributed by atoms with Crippen molar-refractivity contribution < 1.29 is 0 Å². The van der Waals surface area contributed by atoms with Gasteiger partial charge in [-0.05, 0) is 66.6 Å². The minimum Gasteiger partial charge on any atom is -0.345 e. The Morgan fingerprint density at radius 2 is 1.86 bits per heavy atom. The average Bonchev–Trinajstić information content (AvgIpc) is 2.91. The van der Waals surface area contributed by atoms with E-state index in [-0.39, 0.29) is 0 Å². The highest BCUT2D eigenvalue weighted by atomic mass is 32.1. The minimum absolute atomic E-state index is 0.353. The molecule has 1 aliphatic heterocycles. The van der Waals surface area contributed by atoms with Crippen LogP contribution in [0.5, 0.6) is 0 Å². The Morgan fingerprint density at radius 3 is 2.68 bits per heavy atom. The topological polar surface area (TPSA) is 41.0 Å². The summed E-state index contributed by atoms with van der Waals surface area (Å²) in [5.74, 6) is 0. The Bertz CT molecular complexity index is 1090. The molecule has 0 radical (unpaired) electrons. The third-order valence-electron chi connectivity index (χ3n) is 6.37. The first-order valence-corrected chi connectivity index (χ1v) is 10.4. The largest absolute Gasteiger partial charge is 0.345 e. The molecule has 1 aromatic carbocycles. The third kappa shape index (κ3) is 2.93. The van der Waals surface area contributed by atoms with E-state index in [0.717, 1.165) is 39.2 Å². The van der Waals surface area contributed by atoms with Gasteiger partial charge in [0.2, 0.25) is 0 Å². The lowest BCUT2D eigenvalue weighted by Gasteiger charge is -2.39. The summed E-state index contributed by atoms with van der Waals surface area (Å²) in [6, 6.07) is 10.8. The van der Waals surface area contributed by atoms with Gasteiger partial charge >= 0.3 is 0 Å². The number of pyridine rings is 2. The van der Waals surface area contributed by atoms with Crippen LogP contribution in [0.25, 0.3) is 21.8 Å². The Balaban J connectivity index is 1.51. The summed E-state index contributed by atoms with van der Waals surface area (Å²) in [6.45, 7) is 8.24. The Kier molecular flexibility index (Phi) is 3.89. The van der Waals surface area contributed by atoms with Gasteiger partial charge in [-0.15, -0.1) is 0 Å². The van der Waals surface area contributed by atoms with E-state index in [1.807, 2.05) is 24.5 Å². The summed E-state index contributed by atoms with van der Waals surface area (Å²) < 4.78 is 0. The van der Waals surface area contributed by atoms with Crippen LogP contribution in [0.3, 0.4) is 0 Å². The molecule has 4 nitrogen and oxygen atoms in total. The fourth-order valence-corrected chi connectivity index (χ4v) is 6.10. The molecule has 144 valence electrons. The number of nitrogens with one attached hydrogen (secondary N) is 1. The standard InChI is InChI=1S/C23H26N4S/c1-22(2)11-16-12-23(3,13-22)14-27(16)21(28)26-18-10-15-6-4-8-24-19(15)17-7-5-9-25-20(17)18/h4-10,16H,11-14H2,1-3H3,(H,26,28)/t16-,23+/m0/s1. The molecule has 0 amide bonds. The summed E-state index contributed by atoms with van der Waals surface area (Å²) in [4.78, 5) is 11.6. The first kappa shape index (κ1) is 17.8. The van der Waals surface area contributed by atoms with Crippen LogP contribution in [0.15, 0.2) is 42.7 Å². The van der Waals surface area contributed by atoms with E-state index in [0.29, 0.717) is 16.9 Å². The van der Waals surface area contributed by atoms with Crippen molar-refractivity contribution in [3.8, 4) is 0 Å². The molecule has 5 heteroatoms. The highest BCUT2D eigenvalue weighted by Gasteiger charge is 2.50. The van der Waals surface area contributed by atoms with Crippen molar-refractivity contribution in [1.82, 2.24) is 14.9 Å². The van der Waals surface area contributed by atoms with E-state index >= 15 is 0 Å². The quantitative estimate of drug-likeness (QED) is 0.446. The molecule has 2 fully saturated rings. The first-order chi connectivity index (χ1) is 13.3. The summed E-state index contributed by atoms with van der Waals surface area (Å²) in [5.41, 5.74) is 3.60. The second kappa shape index (κ2) is 6.11. The van der Waals surface area contributed by atoms with E-state index in [2.05, 4.69) is 59.2 Å². The Morgan fingerprint density at radius 1 is 1.11 bits per heavy atom. The number of fused-ring (bicyclic) bond motifs is 5. The number of hydrogen-bond donors (Lipinski definition) is 1. The van der Waals surface area contributed by atoms with E-state index in [9.17, 15) is 0 Å². The zero-order valence-electron chi connectivity index (χ0n) is 16.7. The van der Waals surface area contributed by atoms with Crippen LogP contribution in [-0.2, 0) is 0 Å². The molecule has 3 aromatic rings. The predicted molar refractivity (Wildman–Crippen MR) is 119 cm³/mol. The second-order valence-electron chi connectivity index (χ2n) is 9.67. The summed E-state index contributed by atoms with van der Waals surface area (Å²) in [5, 5.41) is 6.52. The maximum atomic E-state index is 5.90. The van der Waals surface area contributed by atoms with Crippen LogP contribution >= 0.6 is 12.2 Å². The smallest absolute Gasteiger partial charge is 0.173 e. The molecule has 2 bridgehead atoms. The number of anilines is 1. The zero-order chi connectivity index (χ0) is 19.5. The van der Waals surface area contributed by atoms with Crippen molar-refractivity contribution in [2.75, 3.05) is 11.9 Å². The van der Waals surface area contributed by atoms with Crippen molar-refractivity contribution in [3.63, 3.8) is 0 Å². The van der Waals surface area contributed by atoms with Gasteiger partial charge in [-0.3, -0.25) is 9.97 Å². The van der Waals surface area contributed by atoms with Crippen LogP contribution in [-0.4, -0.2) is 32.6 Å². The summed E-state index contributed by atoms with van der Waals surface area (Å²) >= 11 is 5.90. The predicted octanol–water partition coefficient (Wildman–Crippen LogP) is 5.38. The van der Waals surface area contributed by atoms with Crippen LogP contribution in [0, 0.1) is 10.8 Å². The molecule has 1 saturated heterocycles. The van der Waals surface area contributed by atoms with Gasteiger partial charge in [-0.2, -0.15) is 0 Å². The molecule has 5 rings (SSSR count). The molecular weight excluding hydrogens is 364 g/mol. The van der Waals surface area contributed by atoms with Gasteiger partial charge in [-0.25, -0.2) is 0 Å². The molecule has 28 heavy (non-hydrogen) atoms. The van der Waals surface area contributed by atoms with E-state index in [1.165, 1.54) is 19.3 Å². The second-order valence-corrected chi connectivity index (χ2v) is 10.1. The number of rotatable bonds is 1. The normalized spacial score (nSPS) is 26.0. The number of thiocarbonyl (C=S) groups is 1. The molecule has 2 aliphatic rings. The van der Waals surface area contributed by atoms with E-state index in [4.69, 9.17) is 12.2 Å². The molecule has 2 aromatic heterocycles. The van der Waals surface area contributed by atoms with Gasteiger partial charge in [0.25, 0.3) is 0 Å². The van der Waals surface area contributed by atoms with Gasteiger partial charge in [-0.1, -0.05) is 26.8 Å². The molecular formula is C23H26N4S. The van der Waals surface area contributed by atoms with Crippen molar-refractivity contribution >= 4 is 44.8 Å². The SMILES string of the molecule is CC1(C)C[C@H]2C[C@@](C)(CN2C(=S)Nc2cc3cccnc3c3cccnc23)C1. The van der Waals surface area contributed by atoms with Crippen LogP contribution in [0.4, 0.5) is 5.69 Å². The third-order valence-corrected chi connectivity index (χ3v) is 6.71. The lowest BCUT2D eigenvalue weighted by molar-refractivity contribution is 0.132. The van der Waals surface area contributed by atoms with E-state index < -0.39 is 0 Å². The number of nitrogens with zero attached hydrogens (tertiary/aromatic N) is 3. The number of aromatic nitrogens is 2. The lowest BCUT2D eigenvalue weighted by atomic mass is 9.65. The fourth-order valence-electron chi connectivity index (χ4n) is 5.77. The summed E-state index contributed by atoms with van der Waals surface area (Å²) in [7, 11) is 0. The van der Waals surface area contributed by atoms with Gasteiger partial charge in [0.1, 0.15) is 0 Å². The summed E-state index contributed by atoms with van der Waals surface area (Å²) in [6.07, 6.45) is 7.36. The zero-order valence-corrected chi connectivity index (χ0v) is 17.5. The van der Waals surface area contributed by atoms with Crippen LogP contribution < -0.4 is 5.32 Å².